The maximum absolute atomic E-state index is 5.35. The number of rotatable bonds is 7. The highest BCUT2D eigenvalue weighted by Crippen LogP contribution is 2.18. The van der Waals surface area contributed by atoms with Crippen molar-refractivity contribution >= 4 is 0 Å². The summed E-state index contributed by atoms with van der Waals surface area (Å²) in [6, 6.07) is 19.5. The lowest BCUT2D eigenvalue weighted by Gasteiger charge is -2.33. The number of hydrogen-bond acceptors (Lipinski definition) is 4. The Labute approximate surface area is 166 Å². The molecular formula is C23H28N4O. The first-order chi connectivity index (χ1) is 13.8. The molecule has 1 N–H and O–H groups in total. The normalized spacial score (nSPS) is 17.5. The molecule has 146 valence electrons. The highest BCUT2D eigenvalue weighted by Gasteiger charge is 2.19. The van der Waals surface area contributed by atoms with Gasteiger partial charge >= 0.3 is 0 Å². The molecule has 2 aromatic carbocycles. The Morgan fingerprint density at radius 1 is 1.11 bits per heavy atom. The molecule has 28 heavy (non-hydrogen) atoms. The molecule has 5 heteroatoms. The van der Waals surface area contributed by atoms with Gasteiger partial charge in [-0.25, -0.2) is 4.68 Å². The van der Waals surface area contributed by atoms with Crippen LogP contribution in [0.2, 0.25) is 0 Å². The summed E-state index contributed by atoms with van der Waals surface area (Å²) in [6.07, 6.45) is 6.24. The van der Waals surface area contributed by atoms with Gasteiger partial charge in [0.2, 0.25) is 0 Å². The van der Waals surface area contributed by atoms with Crippen molar-refractivity contribution in [3.63, 3.8) is 0 Å². The molecule has 0 saturated carbocycles. The van der Waals surface area contributed by atoms with Crippen molar-refractivity contribution < 1.29 is 4.74 Å². The number of benzene rings is 2. The van der Waals surface area contributed by atoms with Crippen LogP contribution in [0.25, 0.3) is 5.69 Å². The van der Waals surface area contributed by atoms with E-state index in [2.05, 4.69) is 57.8 Å². The van der Waals surface area contributed by atoms with E-state index in [0.717, 1.165) is 37.6 Å². The van der Waals surface area contributed by atoms with Crippen molar-refractivity contribution in [2.75, 3.05) is 20.2 Å². The second-order valence-electron chi connectivity index (χ2n) is 7.42. The zero-order chi connectivity index (χ0) is 19.2. The van der Waals surface area contributed by atoms with Gasteiger partial charge in [-0.05, 0) is 60.8 Å². The summed E-state index contributed by atoms with van der Waals surface area (Å²) >= 11 is 0. The zero-order valence-corrected chi connectivity index (χ0v) is 16.4. The molecule has 1 saturated heterocycles. The minimum atomic E-state index is 0.533. The van der Waals surface area contributed by atoms with Crippen LogP contribution in [-0.4, -0.2) is 40.9 Å². The predicted molar refractivity (Wildman–Crippen MR) is 112 cm³/mol. The molecule has 0 spiro atoms. The summed E-state index contributed by atoms with van der Waals surface area (Å²) < 4.78 is 7.23. The van der Waals surface area contributed by atoms with Crippen molar-refractivity contribution in [3.8, 4) is 11.4 Å². The number of ether oxygens (including phenoxy) is 1. The number of nitrogens with one attached hydrogen (secondary N) is 1. The Balaban J connectivity index is 1.29. The van der Waals surface area contributed by atoms with E-state index in [9.17, 15) is 0 Å². The van der Waals surface area contributed by atoms with E-state index in [-0.39, 0.29) is 0 Å². The van der Waals surface area contributed by atoms with Crippen molar-refractivity contribution in [1.29, 1.82) is 0 Å². The second-order valence-corrected chi connectivity index (χ2v) is 7.42. The Bertz CT molecular complexity index is 861. The first-order valence-electron chi connectivity index (χ1n) is 9.98. The van der Waals surface area contributed by atoms with Crippen LogP contribution in [0, 0.1) is 0 Å². The molecule has 2 heterocycles. The monoisotopic (exact) mass is 376 g/mol. The van der Waals surface area contributed by atoms with Crippen LogP contribution < -0.4 is 10.1 Å². The molecule has 0 unspecified atom stereocenters. The van der Waals surface area contributed by atoms with Crippen molar-refractivity contribution in [2.45, 2.75) is 32.0 Å². The Morgan fingerprint density at radius 2 is 2.00 bits per heavy atom. The molecule has 1 atom stereocenters. The van der Waals surface area contributed by atoms with Gasteiger partial charge in [-0.2, -0.15) is 5.10 Å². The molecule has 0 aliphatic carbocycles. The van der Waals surface area contributed by atoms with E-state index in [1.165, 1.54) is 24.0 Å². The highest BCUT2D eigenvalue weighted by molar-refractivity contribution is 5.33. The van der Waals surface area contributed by atoms with Crippen LogP contribution in [-0.2, 0) is 13.1 Å². The first kappa shape index (κ1) is 18.7. The third kappa shape index (κ3) is 4.80. The van der Waals surface area contributed by atoms with Gasteiger partial charge in [0, 0.05) is 38.1 Å². The summed E-state index contributed by atoms with van der Waals surface area (Å²) in [4.78, 5) is 2.54. The molecule has 1 aliphatic rings. The summed E-state index contributed by atoms with van der Waals surface area (Å²) in [6.45, 7) is 4.13. The zero-order valence-electron chi connectivity index (χ0n) is 16.4. The minimum absolute atomic E-state index is 0.533. The number of aromatic nitrogens is 2. The van der Waals surface area contributed by atoms with E-state index >= 15 is 0 Å². The van der Waals surface area contributed by atoms with Crippen LogP contribution in [0.5, 0.6) is 5.75 Å². The van der Waals surface area contributed by atoms with Gasteiger partial charge in [-0.3, -0.25) is 4.90 Å². The van der Waals surface area contributed by atoms with Gasteiger partial charge in [0.05, 0.1) is 12.8 Å². The fourth-order valence-corrected chi connectivity index (χ4v) is 3.85. The number of nitrogens with zero attached hydrogens (tertiary/aromatic N) is 3. The topological polar surface area (TPSA) is 42.3 Å². The van der Waals surface area contributed by atoms with Gasteiger partial charge < -0.3 is 10.1 Å². The molecule has 1 aliphatic heterocycles. The number of methoxy groups -OCH3 is 1. The van der Waals surface area contributed by atoms with Crippen LogP contribution in [0.4, 0.5) is 0 Å². The van der Waals surface area contributed by atoms with Crippen LogP contribution in [0.1, 0.15) is 24.0 Å². The fourth-order valence-electron chi connectivity index (χ4n) is 3.85. The van der Waals surface area contributed by atoms with Gasteiger partial charge in [-0.15, -0.1) is 0 Å². The van der Waals surface area contributed by atoms with Gasteiger partial charge in [-0.1, -0.05) is 24.3 Å². The van der Waals surface area contributed by atoms with Gasteiger partial charge in [0.1, 0.15) is 5.75 Å². The van der Waals surface area contributed by atoms with Crippen LogP contribution in [0.15, 0.2) is 67.0 Å². The molecule has 1 fully saturated rings. The lowest BCUT2D eigenvalue weighted by atomic mass is 10.0. The molecule has 4 rings (SSSR count). The van der Waals surface area contributed by atoms with Gasteiger partial charge in [0.25, 0.3) is 0 Å². The summed E-state index contributed by atoms with van der Waals surface area (Å²) in [5.41, 5.74) is 3.71. The standard InChI is InChI=1S/C23H28N4O/c1-28-23-7-2-5-20(15-23)17-26-13-3-6-21(18-26)24-16-19-8-10-22(11-9-19)27-14-4-12-25-27/h2,4-5,7-12,14-15,21,24H,3,6,13,16-18H2,1H3/t21-/m1/s1. The van der Waals surface area contributed by atoms with Crippen molar-refractivity contribution in [1.82, 2.24) is 20.0 Å². The third-order valence-electron chi connectivity index (χ3n) is 5.35. The van der Waals surface area contributed by atoms with Crippen LogP contribution in [0.3, 0.4) is 0 Å². The van der Waals surface area contributed by atoms with Crippen LogP contribution >= 0.6 is 0 Å². The van der Waals surface area contributed by atoms with E-state index < -0.39 is 0 Å². The smallest absolute Gasteiger partial charge is 0.119 e. The number of hydrogen-bond donors (Lipinski definition) is 1. The molecule has 3 aromatic rings. The van der Waals surface area contributed by atoms with Gasteiger partial charge in [0.15, 0.2) is 0 Å². The minimum Gasteiger partial charge on any atom is -0.497 e. The molecule has 5 nitrogen and oxygen atoms in total. The average Bonchev–Trinajstić information content (AvgIpc) is 3.28. The number of piperidine rings is 1. The quantitative estimate of drug-likeness (QED) is 0.684. The Morgan fingerprint density at radius 3 is 2.79 bits per heavy atom. The summed E-state index contributed by atoms with van der Waals surface area (Å²) in [7, 11) is 1.72. The lowest BCUT2D eigenvalue weighted by molar-refractivity contribution is 0.182. The average molecular weight is 377 g/mol. The molecule has 1 aromatic heterocycles. The predicted octanol–water partition coefficient (Wildman–Crippen LogP) is 3.64. The first-order valence-corrected chi connectivity index (χ1v) is 9.98. The van der Waals surface area contributed by atoms with Crippen molar-refractivity contribution in [3.05, 3.63) is 78.1 Å². The van der Waals surface area contributed by atoms with E-state index in [4.69, 9.17) is 4.74 Å². The Kier molecular flexibility index (Phi) is 6.04. The van der Waals surface area contributed by atoms with E-state index in [1.807, 2.05) is 23.0 Å². The molecule has 0 radical (unpaired) electrons. The fraction of sp³-hybridized carbons (Fsp3) is 0.348. The molecular weight excluding hydrogens is 348 g/mol. The maximum Gasteiger partial charge on any atom is 0.119 e. The van der Waals surface area contributed by atoms with Crippen molar-refractivity contribution in [2.24, 2.45) is 0 Å². The highest BCUT2D eigenvalue weighted by atomic mass is 16.5. The van der Waals surface area contributed by atoms with E-state index in [0.29, 0.717) is 6.04 Å². The summed E-state index contributed by atoms with van der Waals surface area (Å²) in [5.74, 6) is 0.933. The molecule has 0 amide bonds. The SMILES string of the molecule is COc1cccc(CN2CCC[C@@H](NCc3ccc(-n4cccn4)cc3)C2)c1. The summed E-state index contributed by atoms with van der Waals surface area (Å²) in [5, 5.41) is 8.02. The number of likely N-dealkylation sites (tertiary alicyclic amines) is 1. The lowest BCUT2D eigenvalue weighted by Crippen LogP contribution is -2.45. The third-order valence-corrected chi connectivity index (χ3v) is 5.35. The largest absolute Gasteiger partial charge is 0.497 e. The maximum atomic E-state index is 5.35. The molecule has 0 bridgehead atoms. The Hall–Kier alpha value is -2.63. The second kappa shape index (κ2) is 9.04. The van der Waals surface area contributed by atoms with E-state index in [1.54, 1.807) is 13.3 Å².